The molecule has 0 saturated heterocycles. The standard InChI is InChI=1S/C27H28Cl2FN3O3/c1-16(23-20(28)9-10-21(30)24(23)29)36-22-13-19(14-32-25(22)31)17-5-7-18(8-6-17)26(34)33-15-27(35)11-3-2-4-12-27/h5-10,13-14,16,35H,2-4,11-12,15H2,1H3,(H2,31,32)(H,33,34). The molecule has 1 aromatic heterocycles. The number of halogens is 3. The number of hydrogen-bond donors (Lipinski definition) is 3. The summed E-state index contributed by atoms with van der Waals surface area (Å²) in [5.74, 6) is -0.383. The first-order chi connectivity index (χ1) is 17.2. The summed E-state index contributed by atoms with van der Waals surface area (Å²) in [6.45, 7) is 1.93. The third-order valence-electron chi connectivity index (χ3n) is 6.51. The molecule has 0 aliphatic heterocycles. The average Bonchev–Trinajstić information content (AvgIpc) is 2.87. The normalized spacial score (nSPS) is 15.8. The van der Waals surface area contributed by atoms with Crippen molar-refractivity contribution in [2.75, 3.05) is 12.3 Å². The molecule has 6 nitrogen and oxygen atoms in total. The number of amides is 1. The fourth-order valence-electron chi connectivity index (χ4n) is 4.42. The summed E-state index contributed by atoms with van der Waals surface area (Å²) in [6.07, 6.45) is 5.39. The highest BCUT2D eigenvalue weighted by molar-refractivity contribution is 6.36. The van der Waals surface area contributed by atoms with Gasteiger partial charge in [0, 0.05) is 34.5 Å². The van der Waals surface area contributed by atoms with Crippen molar-refractivity contribution in [1.29, 1.82) is 0 Å². The van der Waals surface area contributed by atoms with Gasteiger partial charge in [0.2, 0.25) is 0 Å². The van der Waals surface area contributed by atoms with E-state index in [9.17, 15) is 14.3 Å². The molecule has 0 spiro atoms. The number of nitrogens with one attached hydrogen (secondary N) is 1. The lowest BCUT2D eigenvalue weighted by Crippen LogP contribution is -2.44. The van der Waals surface area contributed by atoms with Crippen LogP contribution in [0.15, 0.2) is 48.7 Å². The summed E-state index contributed by atoms with van der Waals surface area (Å²) in [4.78, 5) is 16.8. The second-order valence-electron chi connectivity index (χ2n) is 9.17. The molecular formula is C27H28Cl2FN3O3. The fourth-order valence-corrected chi connectivity index (χ4v) is 5.10. The zero-order valence-electron chi connectivity index (χ0n) is 19.9. The second kappa shape index (κ2) is 11.0. The molecule has 0 radical (unpaired) electrons. The van der Waals surface area contributed by atoms with Crippen molar-refractivity contribution in [3.05, 3.63) is 75.7 Å². The number of nitrogen functional groups attached to an aromatic ring is 1. The molecule has 0 bridgehead atoms. The molecule has 1 aliphatic rings. The number of benzene rings is 2. The van der Waals surface area contributed by atoms with Gasteiger partial charge in [0.05, 0.1) is 10.6 Å². The predicted octanol–water partition coefficient (Wildman–Crippen LogP) is 6.34. The number of carbonyl (C=O) groups is 1. The molecule has 1 aliphatic carbocycles. The van der Waals surface area contributed by atoms with Crippen molar-refractivity contribution in [1.82, 2.24) is 10.3 Å². The Kier molecular flexibility index (Phi) is 8.03. The Hall–Kier alpha value is -2.87. The van der Waals surface area contributed by atoms with E-state index in [2.05, 4.69) is 10.3 Å². The molecule has 1 saturated carbocycles. The number of anilines is 1. The molecule has 1 unspecified atom stereocenters. The maximum absolute atomic E-state index is 14.0. The van der Waals surface area contributed by atoms with E-state index < -0.39 is 17.5 Å². The third-order valence-corrected chi connectivity index (χ3v) is 7.23. The van der Waals surface area contributed by atoms with Gasteiger partial charge in [0.25, 0.3) is 5.91 Å². The second-order valence-corrected chi connectivity index (χ2v) is 9.95. The van der Waals surface area contributed by atoms with Crippen LogP contribution in [0.1, 0.15) is 61.1 Å². The summed E-state index contributed by atoms with van der Waals surface area (Å²) in [5, 5.41) is 13.6. The SMILES string of the molecule is CC(Oc1cc(-c2ccc(C(=O)NCC3(O)CCCCC3)cc2)cnc1N)c1c(Cl)ccc(F)c1Cl. The van der Waals surface area contributed by atoms with E-state index in [1.807, 2.05) is 0 Å². The highest BCUT2D eigenvalue weighted by Crippen LogP contribution is 2.37. The molecule has 1 amide bonds. The first-order valence-electron chi connectivity index (χ1n) is 11.8. The van der Waals surface area contributed by atoms with E-state index in [-0.39, 0.29) is 28.3 Å². The van der Waals surface area contributed by atoms with Crippen molar-refractivity contribution in [2.24, 2.45) is 0 Å². The molecule has 1 fully saturated rings. The molecule has 4 N–H and O–H groups in total. The number of carbonyl (C=O) groups excluding carboxylic acids is 1. The van der Waals surface area contributed by atoms with Crippen LogP contribution in [-0.4, -0.2) is 28.1 Å². The Morgan fingerprint density at radius 2 is 1.86 bits per heavy atom. The van der Waals surface area contributed by atoms with Crippen molar-refractivity contribution >= 4 is 34.9 Å². The summed E-state index contributed by atoms with van der Waals surface area (Å²) in [7, 11) is 0. The maximum atomic E-state index is 14.0. The van der Waals surface area contributed by atoms with E-state index in [4.69, 9.17) is 33.7 Å². The molecule has 190 valence electrons. The highest BCUT2D eigenvalue weighted by Gasteiger charge is 2.29. The first kappa shape index (κ1) is 26.2. The van der Waals surface area contributed by atoms with Gasteiger partial charge < -0.3 is 20.9 Å². The van der Waals surface area contributed by atoms with E-state index in [0.29, 0.717) is 35.3 Å². The lowest BCUT2D eigenvalue weighted by Gasteiger charge is -2.32. The van der Waals surface area contributed by atoms with Gasteiger partial charge in [-0.05, 0) is 55.7 Å². The summed E-state index contributed by atoms with van der Waals surface area (Å²) < 4.78 is 19.9. The predicted molar refractivity (Wildman–Crippen MR) is 140 cm³/mol. The van der Waals surface area contributed by atoms with E-state index in [1.165, 1.54) is 12.1 Å². The van der Waals surface area contributed by atoms with E-state index >= 15 is 0 Å². The van der Waals surface area contributed by atoms with Crippen molar-refractivity contribution in [3.8, 4) is 16.9 Å². The van der Waals surface area contributed by atoms with E-state index in [1.54, 1.807) is 43.5 Å². The zero-order valence-corrected chi connectivity index (χ0v) is 21.4. The smallest absolute Gasteiger partial charge is 0.251 e. The van der Waals surface area contributed by atoms with Crippen LogP contribution in [0.3, 0.4) is 0 Å². The first-order valence-corrected chi connectivity index (χ1v) is 12.6. The molecule has 9 heteroatoms. The third kappa shape index (κ3) is 5.91. The molecule has 1 heterocycles. The topological polar surface area (TPSA) is 97.5 Å². The number of hydrogen-bond acceptors (Lipinski definition) is 5. The minimum absolute atomic E-state index is 0.109. The van der Waals surface area contributed by atoms with Crippen LogP contribution in [0.25, 0.3) is 11.1 Å². The Balaban J connectivity index is 1.47. The van der Waals surface area contributed by atoms with Gasteiger partial charge in [-0.3, -0.25) is 4.79 Å². The Morgan fingerprint density at radius 1 is 1.17 bits per heavy atom. The summed E-state index contributed by atoms with van der Waals surface area (Å²) >= 11 is 12.3. The zero-order chi connectivity index (χ0) is 25.9. The van der Waals surface area contributed by atoms with Crippen LogP contribution in [-0.2, 0) is 0 Å². The van der Waals surface area contributed by atoms with Crippen LogP contribution in [0.2, 0.25) is 10.0 Å². The Morgan fingerprint density at radius 3 is 2.56 bits per heavy atom. The Labute approximate surface area is 219 Å². The largest absolute Gasteiger partial charge is 0.482 e. The van der Waals surface area contributed by atoms with Gasteiger partial charge >= 0.3 is 0 Å². The van der Waals surface area contributed by atoms with Crippen LogP contribution in [0.4, 0.5) is 10.2 Å². The minimum atomic E-state index is -0.822. The van der Waals surface area contributed by atoms with E-state index in [0.717, 1.165) is 24.8 Å². The number of nitrogens with zero attached hydrogens (tertiary/aromatic N) is 1. The van der Waals surface area contributed by atoms with Gasteiger partial charge in [-0.2, -0.15) is 0 Å². The monoisotopic (exact) mass is 531 g/mol. The van der Waals surface area contributed by atoms with Gasteiger partial charge in [-0.25, -0.2) is 9.37 Å². The van der Waals surface area contributed by atoms with Crippen molar-refractivity contribution in [2.45, 2.75) is 50.7 Å². The summed E-state index contributed by atoms with van der Waals surface area (Å²) in [6, 6.07) is 11.3. The summed E-state index contributed by atoms with van der Waals surface area (Å²) in [5.41, 5.74) is 7.51. The molecule has 3 aromatic rings. The minimum Gasteiger partial charge on any atom is -0.482 e. The van der Waals surface area contributed by atoms with Crippen LogP contribution >= 0.6 is 23.2 Å². The number of rotatable bonds is 7. The molecule has 4 rings (SSSR count). The van der Waals surface area contributed by atoms with Gasteiger partial charge in [-0.15, -0.1) is 0 Å². The lowest BCUT2D eigenvalue weighted by molar-refractivity contribution is 0.00525. The highest BCUT2D eigenvalue weighted by atomic mass is 35.5. The van der Waals surface area contributed by atoms with Crippen LogP contribution in [0, 0.1) is 5.82 Å². The quantitative estimate of drug-likeness (QED) is 0.309. The van der Waals surface area contributed by atoms with Crippen molar-refractivity contribution < 1.29 is 19.0 Å². The number of aliphatic hydroxyl groups is 1. The Bertz CT molecular complexity index is 1250. The van der Waals surface area contributed by atoms with Crippen LogP contribution in [0.5, 0.6) is 5.75 Å². The fraction of sp³-hybridized carbons (Fsp3) is 0.333. The average molecular weight is 532 g/mol. The number of nitrogens with two attached hydrogens (primary N) is 1. The number of ether oxygens (including phenoxy) is 1. The lowest BCUT2D eigenvalue weighted by atomic mass is 9.85. The molecule has 36 heavy (non-hydrogen) atoms. The van der Waals surface area contributed by atoms with Crippen LogP contribution < -0.4 is 15.8 Å². The number of pyridine rings is 1. The van der Waals surface area contributed by atoms with Crippen molar-refractivity contribution in [3.63, 3.8) is 0 Å². The van der Waals surface area contributed by atoms with Gasteiger partial charge in [0.15, 0.2) is 11.6 Å². The number of aromatic nitrogens is 1. The van der Waals surface area contributed by atoms with Gasteiger partial charge in [-0.1, -0.05) is 54.6 Å². The molecule has 2 aromatic carbocycles. The molecule has 1 atom stereocenters. The molecular weight excluding hydrogens is 504 g/mol. The maximum Gasteiger partial charge on any atom is 0.251 e. The van der Waals surface area contributed by atoms with Gasteiger partial charge in [0.1, 0.15) is 11.9 Å².